The molecule has 0 aliphatic carbocycles. The minimum Gasteiger partial charge on any atom is -0.337 e. The number of hydrogen-bond donors (Lipinski definition) is 1. The van der Waals surface area contributed by atoms with Crippen molar-refractivity contribution < 1.29 is 18.0 Å². The highest BCUT2D eigenvalue weighted by atomic mass is 19.4. The number of hydrogen-bond acceptors (Lipinski definition) is 3. The maximum Gasteiger partial charge on any atom is 0.416 e. The molecule has 26 heavy (non-hydrogen) atoms. The van der Waals surface area contributed by atoms with Gasteiger partial charge in [0.25, 0.3) is 0 Å². The number of aromatic nitrogens is 2. The van der Waals surface area contributed by atoms with Gasteiger partial charge in [0.2, 0.25) is 5.91 Å². The van der Waals surface area contributed by atoms with E-state index in [0.717, 1.165) is 24.4 Å². The molecule has 1 fully saturated rings. The summed E-state index contributed by atoms with van der Waals surface area (Å²) in [7, 11) is 0. The normalized spacial score (nSPS) is 17.9. The molecular formula is C18H21F3N4O. The van der Waals surface area contributed by atoms with Gasteiger partial charge in [-0.1, -0.05) is 12.1 Å². The molecular weight excluding hydrogens is 345 g/mol. The fraction of sp³-hybridized carbons (Fsp3) is 0.444. The van der Waals surface area contributed by atoms with Gasteiger partial charge in [-0.3, -0.25) is 4.79 Å². The van der Waals surface area contributed by atoms with Crippen molar-refractivity contribution in [1.29, 1.82) is 0 Å². The largest absolute Gasteiger partial charge is 0.416 e. The highest BCUT2D eigenvalue weighted by Crippen LogP contribution is 2.30. The first kappa shape index (κ1) is 18.4. The Labute approximate surface area is 149 Å². The van der Waals surface area contributed by atoms with Crippen molar-refractivity contribution in [2.24, 2.45) is 0 Å². The number of halogens is 3. The second kappa shape index (κ2) is 7.49. The number of aryl methyl sites for hydroxylation is 1. The second-order valence-electron chi connectivity index (χ2n) is 6.35. The van der Waals surface area contributed by atoms with Crippen molar-refractivity contribution in [1.82, 2.24) is 19.8 Å². The molecule has 1 aliphatic heterocycles. The van der Waals surface area contributed by atoms with Gasteiger partial charge in [-0.25, -0.2) is 4.98 Å². The summed E-state index contributed by atoms with van der Waals surface area (Å²) in [6.45, 7) is 4.06. The molecule has 2 aromatic rings. The second-order valence-corrected chi connectivity index (χ2v) is 6.35. The molecule has 1 aromatic heterocycles. The Hall–Kier alpha value is -2.35. The summed E-state index contributed by atoms with van der Waals surface area (Å²) in [5.41, 5.74) is 0.790. The van der Waals surface area contributed by atoms with Gasteiger partial charge in [0.15, 0.2) is 0 Å². The van der Waals surface area contributed by atoms with Crippen LogP contribution in [0.3, 0.4) is 0 Å². The van der Waals surface area contributed by atoms with Gasteiger partial charge in [0.05, 0.1) is 23.6 Å². The molecule has 0 saturated carbocycles. The molecule has 1 unspecified atom stereocenters. The molecule has 3 rings (SSSR count). The molecule has 5 nitrogen and oxygen atoms in total. The lowest BCUT2D eigenvalue weighted by atomic mass is 10.1. The van der Waals surface area contributed by atoms with E-state index in [4.69, 9.17) is 0 Å². The van der Waals surface area contributed by atoms with E-state index in [1.165, 1.54) is 6.07 Å². The third kappa shape index (κ3) is 4.07. The lowest BCUT2D eigenvalue weighted by Gasteiger charge is -2.18. The molecule has 1 saturated heterocycles. The smallest absolute Gasteiger partial charge is 0.337 e. The summed E-state index contributed by atoms with van der Waals surface area (Å²) in [6.07, 6.45) is -0.237. The minimum atomic E-state index is -4.38. The van der Waals surface area contributed by atoms with Gasteiger partial charge in [0, 0.05) is 32.4 Å². The zero-order valence-electron chi connectivity index (χ0n) is 14.5. The molecule has 140 valence electrons. The van der Waals surface area contributed by atoms with Crippen LogP contribution in [-0.4, -0.2) is 32.9 Å². The maximum absolute atomic E-state index is 12.8. The van der Waals surface area contributed by atoms with Gasteiger partial charge < -0.3 is 14.8 Å². The van der Waals surface area contributed by atoms with Crippen molar-refractivity contribution in [3.05, 3.63) is 53.6 Å². The summed E-state index contributed by atoms with van der Waals surface area (Å²) < 4.78 is 40.5. The van der Waals surface area contributed by atoms with Gasteiger partial charge in [0.1, 0.15) is 0 Å². The Balaban J connectivity index is 1.59. The maximum atomic E-state index is 12.8. The quantitative estimate of drug-likeness (QED) is 0.855. The first-order valence-corrected chi connectivity index (χ1v) is 8.55. The van der Waals surface area contributed by atoms with Crippen molar-refractivity contribution in [2.75, 3.05) is 6.54 Å². The SMILES string of the molecule is CCn1cncc1CNC1CCN(Cc2cccc(C(F)(F)F)c2)C1=O. The first-order valence-electron chi connectivity index (χ1n) is 8.55. The molecule has 2 heterocycles. The summed E-state index contributed by atoms with van der Waals surface area (Å²) in [5.74, 6) is -0.0787. The van der Waals surface area contributed by atoms with Crippen LogP contribution in [0.25, 0.3) is 0 Å². The molecule has 0 bridgehead atoms. The van der Waals surface area contributed by atoms with Crippen molar-refractivity contribution in [3.8, 4) is 0 Å². The van der Waals surface area contributed by atoms with Gasteiger partial charge in [-0.2, -0.15) is 13.2 Å². The zero-order valence-corrected chi connectivity index (χ0v) is 14.5. The van der Waals surface area contributed by atoms with Crippen LogP contribution in [-0.2, 0) is 30.6 Å². The first-order chi connectivity index (χ1) is 12.4. The number of likely N-dealkylation sites (tertiary alicyclic amines) is 1. The standard InChI is InChI=1S/C18H21F3N4O/c1-2-24-12-22-9-15(24)10-23-16-6-7-25(17(16)26)11-13-4-3-5-14(8-13)18(19,20)21/h3-5,8-9,12,16,23H,2,6-7,10-11H2,1H3. The van der Waals surface area contributed by atoms with Crippen LogP contribution in [0.1, 0.15) is 30.2 Å². The average molecular weight is 366 g/mol. The molecule has 8 heteroatoms. The Morgan fingerprint density at radius 1 is 1.35 bits per heavy atom. The third-order valence-corrected chi connectivity index (χ3v) is 4.59. The summed E-state index contributed by atoms with van der Waals surface area (Å²) in [4.78, 5) is 18.2. The molecule has 1 atom stereocenters. The lowest BCUT2D eigenvalue weighted by molar-refractivity contribution is -0.137. The van der Waals surface area contributed by atoms with Crippen LogP contribution in [0.15, 0.2) is 36.8 Å². The van der Waals surface area contributed by atoms with E-state index in [1.54, 1.807) is 23.5 Å². The van der Waals surface area contributed by atoms with E-state index in [-0.39, 0.29) is 18.5 Å². The predicted molar refractivity (Wildman–Crippen MR) is 90.0 cm³/mol. The number of carbonyl (C=O) groups is 1. The molecule has 1 aromatic carbocycles. The van der Waals surface area contributed by atoms with Crippen LogP contribution < -0.4 is 5.32 Å². The number of rotatable bonds is 6. The van der Waals surface area contributed by atoms with Crippen LogP contribution in [0.2, 0.25) is 0 Å². The van der Waals surface area contributed by atoms with Gasteiger partial charge >= 0.3 is 6.18 Å². The third-order valence-electron chi connectivity index (χ3n) is 4.59. The minimum absolute atomic E-state index is 0.0787. The van der Waals surface area contributed by atoms with E-state index in [0.29, 0.717) is 25.1 Å². The van der Waals surface area contributed by atoms with Crippen LogP contribution in [0.5, 0.6) is 0 Å². The number of nitrogens with one attached hydrogen (secondary N) is 1. The Morgan fingerprint density at radius 3 is 2.88 bits per heavy atom. The Kier molecular flexibility index (Phi) is 5.31. The topological polar surface area (TPSA) is 50.2 Å². The summed E-state index contributed by atoms with van der Waals surface area (Å²) in [5, 5.41) is 3.23. The average Bonchev–Trinajstić information content (AvgIpc) is 3.20. The van der Waals surface area contributed by atoms with E-state index < -0.39 is 11.7 Å². The fourth-order valence-electron chi connectivity index (χ4n) is 3.16. The highest BCUT2D eigenvalue weighted by Gasteiger charge is 2.33. The van der Waals surface area contributed by atoms with E-state index in [1.807, 2.05) is 11.5 Å². The molecule has 1 aliphatic rings. The predicted octanol–water partition coefficient (Wildman–Crippen LogP) is 2.81. The summed E-state index contributed by atoms with van der Waals surface area (Å²) in [6, 6.07) is 4.81. The number of benzene rings is 1. The number of alkyl halides is 3. The zero-order chi connectivity index (χ0) is 18.7. The van der Waals surface area contributed by atoms with Crippen molar-refractivity contribution in [3.63, 3.8) is 0 Å². The van der Waals surface area contributed by atoms with E-state index in [9.17, 15) is 18.0 Å². The number of imidazole rings is 1. The van der Waals surface area contributed by atoms with Crippen molar-refractivity contribution in [2.45, 2.75) is 45.2 Å². The monoisotopic (exact) mass is 366 g/mol. The number of carbonyl (C=O) groups excluding carboxylic acids is 1. The fourth-order valence-corrected chi connectivity index (χ4v) is 3.16. The summed E-state index contributed by atoms with van der Waals surface area (Å²) >= 11 is 0. The molecule has 1 N–H and O–H groups in total. The molecule has 1 amide bonds. The van der Waals surface area contributed by atoms with E-state index >= 15 is 0 Å². The number of amides is 1. The van der Waals surface area contributed by atoms with Crippen LogP contribution in [0, 0.1) is 0 Å². The molecule has 0 radical (unpaired) electrons. The Morgan fingerprint density at radius 2 is 2.15 bits per heavy atom. The van der Waals surface area contributed by atoms with Crippen LogP contribution in [0.4, 0.5) is 13.2 Å². The van der Waals surface area contributed by atoms with Gasteiger partial charge in [-0.05, 0) is 31.0 Å². The van der Waals surface area contributed by atoms with Crippen LogP contribution >= 0.6 is 0 Å². The van der Waals surface area contributed by atoms with E-state index in [2.05, 4.69) is 10.3 Å². The Bertz CT molecular complexity index is 772. The lowest BCUT2D eigenvalue weighted by Crippen LogP contribution is -2.38. The van der Waals surface area contributed by atoms with Crippen molar-refractivity contribution >= 4 is 5.91 Å². The van der Waals surface area contributed by atoms with Gasteiger partial charge in [-0.15, -0.1) is 0 Å². The highest BCUT2D eigenvalue weighted by molar-refractivity contribution is 5.83. The number of nitrogens with zero attached hydrogens (tertiary/aromatic N) is 3. The molecule has 0 spiro atoms.